The van der Waals surface area contributed by atoms with E-state index in [0.29, 0.717) is 0 Å². The molecule has 1 fully saturated rings. The van der Waals surface area contributed by atoms with Crippen LogP contribution in [0.5, 0.6) is 0 Å². The van der Waals surface area contributed by atoms with Crippen LogP contribution in [0.1, 0.15) is 31.7 Å². The van der Waals surface area contributed by atoms with Crippen molar-refractivity contribution < 1.29 is 0 Å². The van der Waals surface area contributed by atoms with Crippen molar-refractivity contribution in [1.82, 2.24) is 4.98 Å². The predicted molar refractivity (Wildman–Crippen MR) is 67.0 cm³/mol. The molecule has 1 aliphatic carbocycles. The smallest absolute Gasteiger partial charge is 0.0299 e. The van der Waals surface area contributed by atoms with Gasteiger partial charge in [0.1, 0.15) is 0 Å². The fraction of sp³-hybridized carbons (Fsp3) is 0.643. The van der Waals surface area contributed by atoms with E-state index in [4.69, 9.17) is 5.73 Å². The molecule has 2 rings (SSSR count). The van der Waals surface area contributed by atoms with Gasteiger partial charge in [0.15, 0.2) is 0 Å². The maximum atomic E-state index is 5.88. The van der Waals surface area contributed by atoms with Gasteiger partial charge in [0.25, 0.3) is 0 Å². The molecule has 16 heavy (non-hydrogen) atoms. The van der Waals surface area contributed by atoms with Crippen LogP contribution < -0.4 is 5.73 Å². The van der Waals surface area contributed by atoms with Gasteiger partial charge in [0.05, 0.1) is 0 Å². The number of hydrogen-bond donors (Lipinski definition) is 1. The second-order valence-electron chi connectivity index (χ2n) is 5.24. The van der Waals surface area contributed by atoms with Crippen molar-refractivity contribution in [3.8, 4) is 0 Å². The normalized spacial score (nSPS) is 30.2. The van der Waals surface area contributed by atoms with Gasteiger partial charge in [0.2, 0.25) is 0 Å². The Hall–Kier alpha value is -0.890. The van der Waals surface area contributed by atoms with Crippen LogP contribution in [0.3, 0.4) is 0 Å². The van der Waals surface area contributed by atoms with Gasteiger partial charge < -0.3 is 5.73 Å². The summed E-state index contributed by atoms with van der Waals surface area (Å²) < 4.78 is 0. The standard InChI is InChI=1S/C14H22N2/c1-11-4-5-13(9-15)14(7-11)8-12-3-2-6-16-10-12/h2-3,6,10-11,13-14H,4-5,7-9,15H2,1H3. The summed E-state index contributed by atoms with van der Waals surface area (Å²) in [7, 11) is 0. The van der Waals surface area contributed by atoms with Crippen LogP contribution in [0.25, 0.3) is 0 Å². The lowest BCUT2D eigenvalue weighted by Crippen LogP contribution is -2.31. The molecule has 3 atom stereocenters. The van der Waals surface area contributed by atoms with Crippen molar-refractivity contribution in [3.05, 3.63) is 30.1 Å². The van der Waals surface area contributed by atoms with Crippen molar-refractivity contribution in [2.75, 3.05) is 6.54 Å². The SMILES string of the molecule is CC1CCC(CN)C(Cc2cccnc2)C1. The van der Waals surface area contributed by atoms with Gasteiger partial charge in [-0.1, -0.05) is 19.4 Å². The van der Waals surface area contributed by atoms with E-state index >= 15 is 0 Å². The van der Waals surface area contributed by atoms with Gasteiger partial charge in [-0.15, -0.1) is 0 Å². The lowest BCUT2D eigenvalue weighted by atomic mass is 9.72. The molecule has 3 unspecified atom stereocenters. The molecule has 0 radical (unpaired) electrons. The van der Waals surface area contributed by atoms with Gasteiger partial charge in [-0.3, -0.25) is 4.98 Å². The number of aromatic nitrogens is 1. The van der Waals surface area contributed by atoms with Crippen molar-refractivity contribution in [2.24, 2.45) is 23.5 Å². The van der Waals surface area contributed by atoms with E-state index in [1.807, 2.05) is 18.5 Å². The Labute approximate surface area is 98.3 Å². The Morgan fingerprint density at radius 2 is 2.25 bits per heavy atom. The monoisotopic (exact) mass is 218 g/mol. The second kappa shape index (κ2) is 5.44. The van der Waals surface area contributed by atoms with E-state index in [1.165, 1.54) is 24.8 Å². The number of nitrogens with two attached hydrogens (primary N) is 1. The Balaban J connectivity index is 2.01. The zero-order chi connectivity index (χ0) is 11.4. The van der Waals surface area contributed by atoms with Crippen LogP contribution in [0.4, 0.5) is 0 Å². The summed E-state index contributed by atoms with van der Waals surface area (Å²) in [5.41, 5.74) is 7.24. The molecule has 0 amide bonds. The van der Waals surface area contributed by atoms with Crippen molar-refractivity contribution in [3.63, 3.8) is 0 Å². The highest BCUT2D eigenvalue weighted by Crippen LogP contribution is 2.35. The molecule has 0 spiro atoms. The molecule has 1 aliphatic rings. The van der Waals surface area contributed by atoms with Crippen molar-refractivity contribution in [2.45, 2.75) is 32.6 Å². The maximum Gasteiger partial charge on any atom is 0.0299 e. The molecule has 88 valence electrons. The molecular weight excluding hydrogens is 196 g/mol. The van der Waals surface area contributed by atoms with E-state index in [1.54, 1.807) is 0 Å². The third-order valence-electron chi connectivity index (χ3n) is 3.93. The molecular formula is C14H22N2. The average molecular weight is 218 g/mol. The molecule has 0 aliphatic heterocycles. The zero-order valence-electron chi connectivity index (χ0n) is 10.1. The van der Waals surface area contributed by atoms with Gasteiger partial charge in [-0.25, -0.2) is 0 Å². The lowest BCUT2D eigenvalue weighted by molar-refractivity contribution is 0.193. The summed E-state index contributed by atoms with van der Waals surface area (Å²) >= 11 is 0. The minimum atomic E-state index is 0.719. The summed E-state index contributed by atoms with van der Waals surface area (Å²) in [5, 5.41) is 0. The fourth-order valence-electron chi connectivity index (χ4n) is 2.94. The van der Waals surface area contributed by atoms with E-state index < -0.39 is 0 Å². The summed E-state index contributed by atoms with van der Waals surface area (Å²) in [6.07, 6.45) is 8.98. The summed E-state index contributed by atoms with van der Waals surface area (Å²) in [4.78, 5) is 4.19. The molecule has 2 N–H and O–H groups in total. The minimum absolute atomic E-state index is 0.719. The van der Waals surface area contributed by atoms with Gasteiger partial charge in [-0.2, -0.15) is 0 Å². The molecule has 2 nitrogen and oxygen atoms in total. The third kappa shape index (κ3) is 2.82. The predicted octanol–water partition coefficient (Wildman–Crippen LogP) is 2.64. The lowest BCUT2D eigenvalue weighted by Gasteiger charge is -2.34. The highest BCUT2D eigenvalue weighted by molar-refractivity contribution is 5.10. The van der Waals surface area contributed by atoms with E-state index in [2.05, 4.69) is 18.0 Å². The van der Waals surface area contributed by atoms with E-state index in [-0.39, 0.29) is 0 Å². The first kappa shape index (κ1) is 11.6. The molecule has 1 aromatic heterocycles. The van der Waals surface area contributed by atoms with Crippen LogP contribution in [0.15, 0.2) is 24.5 Å². The summed E-state index contributed by atoms with van der Waals surface area (Å²) in [5.74, 6) is 2.35. The summed E-state index contributed by atoms with van der Waals surface area (Å²) in [6.45, 7) is 3.21. The molecule has 1 aromatic rings. The number of nitrogens with zero attached hydrogens (tertiary/aromatic N) is 1. The molecule has 1 heterocycles. The topological polar surface area (TPSA) is 38.9 Å². The van der Waals surface area contributed by atoms with Gasteiger partial charge in [0, 0.05) is 12.4 Å². The number of hydrogen-bond acceptors (Lipinski definition) is 2. The average Bonchev–Trinajstić information content (AvgIpc) is 2.31. The highest BCUT2D eigenvalue weighted by Gasteiger charge is 2.27. The highest BCUT2D eigenvalue weighted by atomic mass is 14.6. The van der Waals surface area contributed by atoms with E-state index in [9.17, 15) is 0 Å². The fourth-order valence-corrected chi connectivity index (χ4v) is 2.94. The van der Waals surface area contributed by atoms with Crippen LogP contribution in [-0.2, 0) is 6.42 Å². The third-order valence-corrected chi connectivity index (χ3v) is 3.93. The van der Waals surface area contributed by atoms with Crippen LogP contribution >= 0.6 is 0 Å². The van der Waals surface area contributed by atoms with E-state index in [0.717, 1.165) is 30.7 Å². The van der Waals surface area contributed by atoms with Crippen LogP contribution in [0.2, 0.25) is 0 Å². The number of pyridine rings is 1. The van der Waals surface area contributed by atoms with Gasteiger partial charge >= 0.3 is 0 Å². The Kier molecular flexibility index (Phi) is 3.94. The maximum absolute atomic E-state index is 5.88. The van der Waals surface area contributed by atoms with Gasteiger partial charge in [-0.05, 0) is 55.2 Å². The Morgan fingerprint density at radius 3 is 2.94 bits per heavy atom. The van der Waals surface area contributed by atoms with Crippen molar-refractivity contribution in [1.29, 1.82) is 0 Å². The van der Waals surface area contributed by atoms with Crippen LogP contribution in [0, 0.1) is 17.8 Å². The molecule has 0 aromatic carbocycles. The zero-order valence-corrected chi connectivity index (χ0v) is 10.1. The Morgan fingerprint density at radius 1 is 1.38 bits per heavy atom. The quantitative estimate of drug-likeness (QED) is 0.847. The molecule has 0 saturated heterocycles. The largest absolute Gasteiger partial charge is 0.330 e. The first-order valence-corrected chi connectivity index (χ1v) is 6.38. The van der Waals surface area contributed by atoms with Crippen molar-refractivity contribution >= 4 is 0 Å². The number of rotatable bonds is 3. The first-order valence-electron chi connectivity index (χ1n) is 6.38. The molecule has 0 bridgehead atoms. The molecule has 1 saturated carbocycles. The first-order chi connectivity index (χ1) is 7.79. The minimum Gasteiger partial charge on any atom is -0.330 e. The molecule has 2 heteroatoms. The second-order valence-corrected chi connectivity index (χ2v) is 5.24. The van der Waals surface area contributed by atoms with Crippen LogP contribution in [-0.4, -0.2) is 11.5 Å². The summed E-state index contributed by atoms with van der Waals surface area (Å²) in [6, 6.07) is 4.21. The Bertz CT molecular complexity index is 310.